The number of primary amides is 1. The number of hydrogen-bond donors (Lipinski definition) is 13. The van der Waals surface area contributed by atoms with Gasteiger partial charge in [0.25, 0.3) is 0 Å². The predicted octanol–water partition coefficient (Wildman–Crippen LogP) is -4.94. The molecule has 3 aliphatic heterocycles. The standard InChI is InChI=1S/C39H54N10O13S/c1-4-17(2)30-36(61)42-11-28(56)43-23-15-63-38-21(20-6-5-7-25(53)32(20)47-38)9-22(33(58)41-12-29(57)45-30)44-37(62)31(18(3)26(54)14-50)46-35(60)24-8-19(52)13-49(24)39(16-51,10-27(40)55)48-34(23)59/h5-7,16-19,22-24,26,30-31,47,50,52-54H,4,8-15H2,1-3H3,(H2,40,55)(H,41,58)(H,42,61)(H,43,56)(H,44,62)(H,45,57)(H,46,60)(H,48,59)/t17-,18-,19+,22?,23?,24-,26-,30-,31-,39?/m0/s1. The van der Waals surface area contributed by atoms with Gasteiger partial charge in [-0.2, -0.15) is 0 Å². The highest BCUT2D eigenvalue weighted by Crippen LogP contribution is 2.36. The second-order valence-corrected chi connectivity index (χ2v) is 17.1. The first-order valence-corrected chi connectivity index (χ1v) is 21.3. The highest BCUT2D eigenvalue weighted by atomic mass is 32.2. The van der Waals surface area contributed by atoms with Crippen molar-refractivity contribution in [2.45, 2.75) is 99.6 Å². The Morgan fingerprint density at radius 1 is 0.937 bits per heavy atom. The van der Waals surface area contributed by atoms with Crippen LogP contribution in [0.3, 0.4) is 0 Å². The van der Waals surface area contributed by atoms with Gasteiger partial charge in [-0.3, -0.25) is 48.1 Å². The number of thioether (sulfide) groups is 1. The molecule has 3 aliphatic rings. The number of nitrogens with one attached hydrogen (secondary N) is 8. The van der Waals surface area contributed by atoms with Crippen LogP contribution in [0.2, 0.25) is 0 Å². The summed E-state index contributed by atoms with van der Waals surface area (Å²) in [6.07, 6.45) is -4.18. The molecule has 23 nitrogen and oxygen atoms in total. The zero-order valence-corrected chi connectivity index (χ0v) is 35.6. The van der Waals surface area contributed by atoms with E-state index < -0.39 is 146 Å². The first kappa shape index (κ1) is 48.2. The van der Waals surface area contributed by atoms with Crippen molar-refractivity contribution in [3.63, 3.8) is 0 Å². The van der Waals surface area contributed by atoms with Crippen LogP contribution in [0.25, 0.3) is 10.9 Å². The number of nitrogens with two attached hydrogens (primary N) is 1. The number of hydrogen-bond acceptors (Lipinski definition) is 15. The molecule has 3 unspecified atom stereocenters. The van der Waals surface area contributed by atoms with Gasteiger partial charge in [-0.1, -0.05) is 39.3 Å². The Balaban J connectivity index is 1.74. The average Bonchev–Trinajstić information content (AvgIpc) is 3.82. The molecule has 63 heavy (non-hydrogen) atoms. The molecular weight excluding hydrogens is 849 g/mol. The van der Waals surface area contributed by atoms with Crippen LogP contribution < -0.4 is 43.0 Å². The number of amides is 8. The van der Waals surface area contributed by atoms with E-state index >= 15 is 0 Å². The molecule has 1 aromatic carbocycles. The second-order valence-electron chi connectivity index (χ2n) is 16.0. The maximum atomic E-state index is 14.5. The van der Waals surface area contributed by atoms with Crippen LogP contribution in [0.1, 0.15) is 45.6 Å². The van der Waals surface area contributed by atoms with Crippen LogP contribution in [-0.2, 0) is 49.6 Å². The largest absolute Gasteiger partial charge is 0.506 e. The second kappa shape index (κ2) is 20.6. The lowest BCUT2D eigenvalue weighted by molar-refractivity contribution is -0.144. The van der Waals surface area contributed by atoms with Crippen molar-refractivity contribution < 1.29 is 63.6 Å². The average molecular weight is 903 g/mol. The van der Waals surface area contributed by atoms with E-state index in [4.69, 9.17) is 5.73 Å². The number of phenols is 1. The fourth-order valence-electron chi connectivity index (χ4n) is 7.82. The van der Waals surface area contributed by atoms with Gasteiger partial charge in [-0.15, -0.1) is 11.8 Å². The lowest BCUT2D eigenvalue weighted by Crippen LogP contribution is -2.69. The van der Waals surface area contributed by atoms with Crippen LogP contribution in [0.15, 0.2) is 23.2 Å². The monoisotopic (exact) mass is 902 g/mol. The Morgan fingerprint density at radius 2 is 1.62 bits per heavy atom. The summed E-state index contributed by atoms with van der Waals surface area (Å²) >= 11 is 0.906. The van der Waals surface area contributed by atoms with E-state index in [1.54, 1.807) is 19.9 Å². The SMILES string of the molecule is CC[C@H](C)[C@@H]1NC(=O)CNC(=O)C2Cc3c([nH]c4c(O)cccc34)SCC(NC(=O)CNC1=O)C(=O)NC(C=O)(CC(N)=O)N1C[C@H](O)C[C@H]1C(=O)N[C@@H]([C@@H](C)[C@@H](O)CO)C(=O)N2. The van der Waals surface area contributed by atoms with Crippen molar-refractivity contribution in [2.75, 3.05) is 32.0 Å². The minimum atomic E-state index is -2.45. The van der Waals surface area contributed by atoms with Crippen molar-refractivity contribution in [3.8, 4) is 5.75 Å². The molecule has 2 bridgehead atoms. The molecule has 1 fully saturated rings. The molecule has 10 atom stereocenters. The van der Waals surface area contributed by atoms with Gasteiger partial charge in [0.2, 0.25) is 47.3 Å². The molecule has 4 heterocycles. The molecule has 0 spiro atoms. The normalized spacial score (nSPS) is 28.8. The van der Waals surface area contributed by atoms with Crippen LogP contribution in [0.4, 0.5) is 0 Å². The highest BCUT2D eigenvalue weighted by Gasteiger charge is 2.51. The number of benzene rings is 1. The lowest BCUT2D eigenvalue weighted by Gasteiger charge is -2.41. The van der Waals surface area contributed by atoms with E-state index in [0.29, 0.717) is 17.4 Å². The molecule has 1 aromatic heterocycles. The molecule has 24 heteroatoms. The number of nitrogens with zero attached hydrogens (tertiary/aromatic N) is 1. The van der Waals surface area contributed by atoms with E-state index in [0.717, 1.165) is 16.7 Å². The van der Waals surface area contributed by atoms with Gasteiger partial charge in [0, 0.05) is 30.0 Å². The summed E-state index contributed by atoms with van der Waals surface area (Å²) in [5.74, 6) is -10.1. The molecule has 0 saturated carbocycles. The van der Waals surface area contributed by atoms with Crippen LogP contribution >= 0.6 is 11.8 Å². The number of H-pyrrole nitrogens is 1. The van der Waals surface area contributed by atoms with Gasteiger partial charge >= 0.3 is 0 Å². The Morgan fingerprint density at radius 3 is 2.27 bits per heavy atom. The number of aliphatic hydroxyl groups is 3. The minimum absolute atomic E-state index is 0.142. The van der Waals surface area contributed by atoms with E-state index in [2.05, 4.69) is 42.2 Å². The molecule has 14 N–H and O–H groups in total. The smallest absolute Gasteiger partial charge is 0.245 e. The fraction of sp³-hybridized carbons (Fsp3) is 0.564. The molecular formula is C39H54N10O13S. The van der Waals surface area contributed by atoms with Crippen molar-refractivity contribution in [1.82, 2.24) is 47.1 Å². The van der Waals surface area contributed by atoms with Crippen LogP contribution in [-0.4, -0.2) is 164 Å². The third-order valence-electron chi connectivity index (χ3n) is 11.6. The topological polar surface area (TPSA) is 364 Å². The molecule has 5 rings (SSSR count). The molecule has 0 radical (unpaired) electrons. The lowest BCUT2D eigenvalue weighted by atomic mass is 9.93. The maximum absolute atomic E-state index is 14.5. The summed E-state index contributed by atoms with van der Waals surface area (Å²) in [6, 6.07) is -3.23. The molecule has 1 saturated heterocycles. The number of aliphatic hydroxyl groups excluding tert-OH is 3. The number of carbonyl (C=O) groups is 9. The molecule has 0 aliphatic carbocycles. The van der Waals surface area contributed by atoms with E-state index in [1.807, 2.05) is 0 Å². The third kappa shape index (κ3) is 11.0. The number of aldehydes is 1. The molecule has 8 amide bonds. The zero-order valence-electron chi connectivity index (χ0n) is 34.8. The van der Waals surface area contributed by atoms with Crippen molar-refractivity contribution in [3.05, 3.63) is 23.8 Å². The Bertz CT molecular complexity index is 2120. The summed E-state index contributed by atoms with van der Waals surface area (Å²) < 4.78 is 0. The summed E-state index contributed by atoms with van der Waals surface area (Å²) in [5.41, 5.74) is 3.62. The summed E-state index contributed by atoms with van der Waals surface area (Å²) in [4.78, 5) is 128. The van der Waals surface area contributed by atoms with Gasteiger partial charge in [0.05, 0.1) is 54.9 Å². The van der Waals surface area contributed by atoms with Crippen LogP contribution in [0, 0.1) is 11.8 Å². The van der Waals surface area contributed by atoms with E-state index in [1.165, 1.54) is 19.1 Å². The van der Waals surface area contributed by atoms with Crippen molar-refractivity contribution >= 4 is 76.2 Å². The summed E-state index contributed by atoms with van der Waals surface area (Å²) in [5, 5.41) is 60.5. The first-order chi connectivity index (χ1) is 29.8. The minimum Gasteiger partial charge on any atom is -0.506 e. The molecule has 344 valence electrons. The van der Waals surface area contributed by atoms with Gasteiger partial charge in [-0.05, 0) is 24.0 Å². The van der Waals surface area contributed by atoms with Crippen molar-refractivity contribution in [2.24, 2.45) is 17.6 Å². The van der Waals surface area contributed by atoms with Gasteiger partial charge in [0.15, 0.2) is 11.9 Å². The van der Waals surface area contributed by atoms with Gasteiger partial charge in [-0.25, -0.2) is 0 Å². The number of para-hydroxylation sites is 1. The Hall–Kier alpha value is -5.82. The molecule has 2 aromatic rings. The third-order valence-corrected chi connectivity index (χ3v) is 12.7. The van der Waals surface area contributed by atoms with E-state index in [9.17, 15) is 63.6 Å². The van der Waals surface area contributed by atoms with Gasteiger partial charge in [0.1, 0.15) is 29.9 Å². The quantitative estimate of drug-likeness (QED) is 0.110. The van der Waals surface area contributed by atoms with Crippen LogP contribution in [0.5, 0.6) is 5.75 Å². The predicted molar refractivity (Wildman–Crippen MR) is 222 cm³/mol. The number of aromatic hydroxyl groups is 1. The van der Waals surface area contributed by atoms with Gasteiger partial charge < -0.3 is 68.4 Å². The fourth-order valence-corrected chi connectivity index (χ4v) is 8.93. The Kier molecular flexibility index (Phi) is 15.7. The maximum Gasteiger partial charge on any atom is 0.245 e. The number of aromatic nitrogens is 1. The summed E-state index contributed by atoms with van der Waals surface area (Å²) in [7, 11) is 0. The zero-order chi connectivity index (χ0) is 46.3. The van der Waals surface area contributed by atoms with Crippen molar-refractivity contribution in [1.29, 1.82) is 0 Å². The summed E-state index contributed by atoms with van der Waals surface area (Å²) in [6.45, 7) is 1.97. The number of phenolic OH excluding ortho intramolecular Hbond substituents is 1. The Labute approximate surface area is 364 Å². The number of rotatable bonds is 8. The number of carbonyl (C=O) groups excluding carboxylic acids is 9. The number of aromatic amines is 1. The first-order valence-electron chi connectivity index (χ1n) is 20.3. The highest BCUT2D eigenvalue weighted by molar-refractivity contribution is 7.99. The number of fused-ring (bicyclic) bond motifs is 5. The van der Waals surface area contributed by atoms with E-state index in [-0.39, 0.29) is 34.8 Å².